The van der Waals surface area contributed by atoms with Gasteiger partial charge in [0.1, 0.15) is 0 Å². The number of hydrogen-bond donors (Lipinski definition) is 1. The first-order valence-corrected chi connectivity index (χ1v) is 6.20. The molecule has 86 valence electrons. The number of fused-ring (bicyclic) bond motifs is 2. The Morgan fingerprint density at radius 1 is 1.38 bits per heavy atom. The summed E-state index contributed by atoms with van der Waals surface area (Å²) < 4.78 is 5.81. The molecule has 1 aromatic rings. The third-order valence-corrected chi connectivity index (χ3v) is 3.62. The van der Waals surface area contributed by atoms with Gasteiger partial charge in [-0.25, -0.2) is 0 Å². The van der Waals surface area contributed by atoms with Crippen molar-refractivity contribution >= 4 is 0 Å². The van der Waals surface area contributed by atoms with Crippen LogP contribution in [0.2, 0.25) is 0 Å². The van der Waals surface area contributed by atoms with E-state index in [4.69, 9.17) is 4.74 Å². The summed E-state index contributed by atoms with van der Waals surface area (Å²) in [6.45, 7) is 1.01. The first-order chi connectivity index (χ1) is 7.92. The highest BCUT2D eigenvalue weighted by Gasteiger charge is 2.40. The fourth-order valence-electron chi connectivity index (χ4n) is 2.78. The van der Waals surface area contributed by atoms with Gasteiger partial charge in [-0.1, -0.05) is 6.07 Å². The van der Waals surface area contributed by atoms with Crippen LogP contribution in [-0.2, 0) is 11.2 Å². The van der Waals surface area contributed by atoms with Gasteiger partial charge >= 0.3 is 0 Å². The smallest absolute Gasteiger partial charge is 0.0733 e. The third-order valence-electron chi connectivity index (χ3n) is 3.62. The fourth-order valence-corrected chi connectivity index (χ4v) is 2.78. The van der Waals surface area contributed by atoms with Gasteiger partial charge in [0.2, 0.25) is 0 Å². The third kappa shape index (κ3) is 2.11. The molecule has 3 heteroatoms. The van der Waals surface area contributed by atoms with E-state index in [1.165, 1.54) is 25.0 Å². The van der Waals surface area contributed by atoms with Crippen LogP contribution in [0, 0.1) is 0 Å². The van der Waals surface area contributed by atoms with E-state index in [-0.39, 0.29) is 0 Å². The molecule has 0 amide bonds. The molecule has 0 aliphatic carbocycles. The molecular weight excluding hydrogens is 200 g/mol. The molecule has 1 aromatic heterocycles. The molecule has 2 saturated heterocycles. The average molecular weight is 218 g/mol. The minimum absolute atomic E-state index is 0.480. The maximum absolute atomic E-state index is 5.81. The molecule has 16 heavy (non-hydrogen) atoms. The van der Waals surface area contributed by atoms with Crippen LogP contribution in [-0.4, -0.2) is 29.8 Å². The van der Waals surface area contributed by atoms with Crippen LogP contribution < -0.4 is 5.32 Å². The Hall–Kier alpha value is -0.930. The van der Waals surface area contributed by atoms with Gasteiger partial charge in [-0.15, -0.1) is 0 Å². The first-order valence-electron chi connectivity index (χ1n) is 6.20. The van der Waals surface area contributed by atoms with E-state index >= 15 is 0 Å². The van der Waals surface area contributed by atoms with E-state index in [0.717, 1.165) is 13.0 Å². The van der Waals surface area contributed by atoms with Gasteiger partial charge in [0.25, 0.3) is 0 Å². The van der Waals surface area contributed by atoms with Crippen molar-refractivity contribution in [1.82, 2.24) is 10.3 Å². The van der Waals surface area contributed by atoms with Gasteiger partial charge in [-0.2, -0.15) is 0 Å². The van der Waals surface area contributed by atoms with E-state index in [1.54, 1.807) is 0 Å². The molecule has 3 unspecified atom stereocenters. The quantitative estimate of drug-likeness (QED) is 0.832. The molecule has 3 atom stereocenters. The minimum Gasteiger partial charge on any atom is -0.373 e. The number of ether oxygens (including phenoxy) is 1. The van der Waals surface area contributed by atoms with Crippen molar-refractivity contribution in [1.29, 1.82) is 0 Å². The zero-order valence-electron chi connectivity index (χ0n) is 9.43. The van der Waals surface area contributed by atoms with Crippen LogP contribution in [0.1, 0.15) is 25.0 Å². The molecule has 3 heterocycles. The van der Waals surface area contributed by atoms with Crippen molar-refractivity contribution in [2.45, 2.75) is 43.9 Å². The number of aromatic nitrogens is 1. The van der Waals surface area contributed by atoms with Crippen LogP contribution in [0.4, 0.5) is 0 Å². The van der Waals surface area contributed by atoms with Gasteiger partial charge in [-0.3, -0.25) is 4.98 Å². The zero-order valence-corrected chi connectivity index (χ0v) is 9.43. The monoisotopic (exact) mass is 218 g/mol. The van der Waals surface area contributed by atoms with Gasteiger partial charge in [0.05, 0.1) is 12.2 Å². The Balaban J connectivity index is 1.44. The van der Waals surface area contributed by atoms with E-state index in [9.17, 15) is 0 Å². The number of rotatable bonds is 4. The lowest BCUT2D eigenvalue weighted by atomic mass is 9.95. The Labute approximate surface area is 96.2 Å². The number of nitrogens with zero attached hydrogens (tertiary/aromatic N) is 1. The van der Waals surface area contributed by atoms with Crippen LogP contribution in [0.5, 0.6) is 0 Å². The van der Waals surface area contributed by atoms with Crippen molar-refractivity contribution < 1.29 is 4.74 Å². The Morgan fingerprint density at radius 3 is 3.06 bits per heavy atom. The largest absolute Gasteiger partial charge is 0.373 e. The van der Waals surface area contributed by atoms with Crippen molar-refractivity contribution in [3.63, 3.8) is 0 Å². The highest BCUT2D eigenvalue weighted by atomic mass is 16.5. The molecule has 2 fully saturated rings. The molecular formula is C13H18N2O. The molecule has 0 radical (unpaired) electrons. The highest BCUT2D eigenvalue weighted by Crippen LogP contribution is 2.34. The van der Waals surface area contributed by atoms with Crippen molar-refractivity contribution in [2.75, 3.05) is 6.54 Å². The second kappa shape index (κ2) is 4.52. The Bertz CT molecular complexity index is 341. The summed E-state index contributed by atoms with van der Waals surface area (Å²) in [4.78, 5) is 4.32. The predicted octanol–water partition coefficient (Wildman–Crippen LogP) is 1.53. The number of pyridine rings is 1. The summed E-state index contributed by atoms with van der Waals surface area (Å²) in [6.07, 6.45) is 7.60. The number of nitrogens with one attached hydrogen (secondary N) is 1. The van der Waals surface area contributed by atoms with Crippen LogP contribution in [0.15, 0.2) is 24.4 Å². The van der Waals surface area contributed by atoms with Crippen molar-refractivity contribution in [3.05, 3.63) is 30.1 Å². The van der Waals surface area contributed by atoms with E-state index in [2.05, 4.69) is 16.4 Å². The van der Waals surface area contributed by atoms with Crippen molar-refractivity contribution in [2.24, 2.45) is 0 Å². The minimum atomic E-state index is 0.480. The van der Waals surface area contributed by atoms with Crippen molar-refractivity contribution in [3.8, 4) is 0 Å². The van der Waals surface area contributed by atoms with Gasteiger partial charge in [0.15, 0.2) is 0 Å². The lowest BCUT2D eigenvalue weighted by Gasteiger charge is -2.19. The molecule has 2 aliphatic heterocycles. The predicted molar refractivity (Wildman–Crippen MR) is 62.2 cm³/mol. The summed E-state index contributed by atoms with van der Waals surface area (Å²) in [5.74, 6) is 0. The molecule has 3 rings (SSSR count). The molecule has 2 aliphatic rings. The standard InChI is InChI=1S/C13H18N2O/c1-2-7-14-10(3-1)6-8-15-12-9-11-4-5-13(12)16-11/h1-3,7,11-13,15H,4-6,8-9H2. The van der Waals surface area contributed by atoms with Gasteiger partial charge in [-0.05, 0) is 31.4 Å². The normalized spacial score (nSPS) is 32.1. The fraction of sp³-hybridized carbons (Fsp3) is 0.615. The Morgan fingerprint density at radius 2 is 2.38 bits per heavy atom. The SMILES string of the molecule is c1ccc(CCNC2CC3CCC2O3)nc1. The average Bonchev–Trinajstić information content (AvgIpc) is 2.92. The van der Waals surface area contributed by atoms with E-state index < -0.39 is 0 Å². The van der Waals surface area contributed by atoms with Crippen LogP contribution in [0.3, 0.4) is 0 Å². The van der Waals surface area contributed by atoms with Crippen LogP contribution >= 0.6 is 0 Å². The molecule has 0 aromatic carbocycles. The maximum atomic E-state index is 5.81. The lowest BCUT2D eigenvalue weighted by Crippen LogP contribution is -2.38. The summed E-state index contributed by atoms with van der Waals surface area (Å²) in [5.41, 5.74) is 1.17. The zero-order chi connectivity index (χ0) is 10.8. The van der Waals surface area contributed by atoms with E-state index in [1.807, 2.05) is 18.3 Å². The summed E-state index contributed by atoms with van der Waals surface area (Å²) in [5, 5.41) is 3.60. The van der Waals surface area contributed by atoms with Gasteiger partial charge in [0, 0.05) is 30.9 Å². The second-order valence-corrected chi connectivity index (χ2v) is 4.74. The highest BCUT2D eigenvalue weighted by molar-refractivity contribution is 5.04. The summed E-state index contributed by atoms with van der Waals surface area (Å²) in [7, 11) is 0. The summed E-state index contributed by atoms with van der Waals surface area (Å²) in [6, 6.07) is 6.67. The van der Waals surface area contributed by atoms with E-state index in [0.29, 0.717) is 18.2 Å². The maximum Gasteiger partial charge on any atom is 0.0733 e. The molecule has 2 bridgehead atoms. The molecule has 0 spiro atoms. The van der Waals surface area contributed by atoms with Gasteiger partial charge < -0.3 is 10.1 Å². The van der Waals surface area contributed by atoms with Crippen LogP contribution in [0.25, 0.3) is 0 Å². The topological polar surface area (TPSA) is 34.1 Å². The molecule has 3 nitrogen and oxygen atoms in total. The lowest BCUT2D eigenvalue weighted by molar-refractivity contribution is 0.0975. The summed E-state index contributed by atoms with van der Waals surface area (Å²) >= 11 is 0. The second-order valence-electron chi connectivity index (χ2n) is 4.74. The first kappa shape index (κ1) is 10.2. The molecule has 1 N–H and O–H groups in total. The Kier molecular flexibility index (Phi) is 2.89. The number of hydrogen-bond acceptors (Lipinski definition) is 3. The molecule has 0 saturated carbocycles.